The van der Waals surface area contributed by atoms with E-state index in [9.17, 15) is 4.39 Å². The molecule has 0 saturated heterocycles. The lowest BCUT2D eigenvalue weighted by Gasteiger charge is -2.17. The van der Waals surface area contributed by atoms with Gasteiger partial charge in [0.1, 0.15) is 5.82 Å². The highest BCUT2D eigenvalue weighted by Crippen LogP contribution is 2.14. The van der Waals surface area contributed by atoms with Crippen LogP contribution in [0.2, 0.25) is 0 Å². The molecule has 0 fully saturated rings. The molecule has 0 saturated carbocycles. The molecule has 2 aromatic rings. The fraction of sp³-hybridized carbons (Fsp3) is 0.267. The lowest BCUT2D eigenvalue weighted by Crippen LogP contribution is -2.38. The van der Waals surface area contributed by atoms with Crippen molar-refractivity contribution >= 4 is 0 Å². The van der Waals surface area contributed by atoms with Gasteiger partial charge in [-0.05, 0) is 48.7 Å². The maximum atomic E-state index is 13.3. The Labute approximate surface area is 112 Å². The number of halogens is 1. The number of rotatable bonds is 5. The van der Waals surface area contributed by atoms with Gasteiger partial charge in [0, 0.05) is 24.4 Å². The molecule has 1 atom stereocenters. The number of nitrogens with one attached hydrogen (secondary N) is 1. The van der Waals surface area contributed by atoms with Crippen molar-refractivity contribution in [3.05, 3.63) is 65.2 Å². The molecule has 0 amide bonds. The number of pyridine rings is 1. The van der Waals surface area contributed by atoms with Gasteiger partial charge in [0.2, 0.25) is 0 Å². The van der Waals surface area contributed by atoms with Crippen molar-refractivity contribution in [2.45, 2.75) is 25.8 Å². The van der Waals surface area contributed by atoms with E-state index in [2.05, 4.69) is 10.4 Å². The Balaban J connectivity index is 2.09. The first-order valence-corrected chi connectivity index (χ1v) is 6.30. The summed E-state index contributed by atoms with van der Waals surface area (Å²) in [6, 6.07) is 10.7. The van der Waals surface area contributed by atoms with Gasteiger partial charge in [-0.1, -0.05) is 12.1 Å². The van der Waals surface area contributed by atoms with Gasteiger partial charge < -0.3 is 0 Å². The van der Waals surface area contributed by atoms with Crippen molar-refractivity contribution in [2.75, 3.05) is 0 Å². The summed E-state index contributed by atoms with van der Waals surface area (Å²) in [4.78, 5) is 4.28. The standard InChI is InChI=1S/C15H18FN3/c1-11-5-6-13(16)8-12(11)9-15(19-17)10-14-4-2-3-7-18-14/h2-8,15,19H,9-10,17H2,1H3. The van der Waals surface area contributed by atoms with E-state index < -0.39 is 0 Å². The van der Waals surface area contributed by atoms with E-state index in [1.54, 1.807) is 18.3 Å². The van der Waals surface area contributed by atoms with E-state index in [-0.39, 0.29) is 11.9 Å². The van der Waals surface area contributed by atoms with Crippen LogP contribution in [0, 0.1) is 12.7 Å². The first kappa shape index (κ1) is 13.6. The van der Waals surface area contributed by atoms with Gasteiger partial charge in [-0.3, -0.25) is 16.3 Å². The molecule has 100 valence electrons. The molecule has 0 aliphatic heterocycles. The molecule has 1 aromatic heterocycles. The molecular formula is C15H18FN3. The predicted molar refractivity (Wildman–Crippen MR) is 73.9 cm³/mol. The first-order valence-electron chi connectivity index (χ1n) is 6.30. The average Bonchev–Trinajstić information content (AvgIpc) is 2.43. The maximum Gasteiger partial charge on any atom is 0.123 e. The number of aryl methyl sites for hydroxylation is 1. The van der Waals surface area contributed by atoms with Crippen LogP contribution in [0.5, 0.6) is 0 Å². The molecule has 1 aromatic carbocycles. The molecule has 1 heterocycles. The van der Waals surface area contributed by atoms with Crippen LogP contribution in [-0.2, 0) is 12.8 Å². The monoisotopic (exact) mass is 259 g/mol. The molecule has 0 aliphatic rings. The van der Waals surface area contributed by atoms with Crippen LogP contribution in [0.3, 0.4) is 0 Å². The molecule has 0 radical (unpaired) electrons. The normalized spacial score (nSPS) is 12.4. The van der Waals surface area contributed by atoms with Crippen LogP contribution >= 0.6 is 0 Å². The summed E-state index contributed by atoms with van der Waals surface area (Å²) >= 11 is 0. The van der Waals surface area contributed by atoms with Crippen LogP contribution in [0.25, 0.3) is 0 Å². The minimum atomic E-state index is -0.214. The van der Waals surface area contributed by atoms with Gasteiger partial charge in [0.15, 0.2) is 0 Å². The Morgan fingerprint density at radius 1 is 1.26 bits per heavy atom. The number of aromatic nitrogens is 1. The molecule has 1 unspecified atom stereocenters. The number of hydrogen-bond donors (Lipinski definition) is 2. The number of hydrogen-bond acceptors (Lipinski definition) is 3. The number of benzene rings is 1. The predicted octanol–water partition coefficient (Wildman–Crippen LogP) is 2.15. The second-order valence-corrected chi connectivity index (χ2v) is 4.66. The van der Waals surface area contributed by atoms with Gasteiger partial charge in [-0.15, -0.1) is 0 Å². The number of nitrogens with zero attached hydrogens (tertiary/aromatic N) is 1. The Bertz CT molecular complexity index is 528. The van der Waals surface area contributed by atoms with Crippen molar-refractivity contribution in [2.24, 2.45) is 5.84 Å². The topological polar surface area (TPSA) is 50.9 Å². The van der Waals surface area contributed by atoms with Crippen LogP contribution < -0.4 is 11.3 Å². The average molecular weight is 259 g/mol. The summed E-state index contributed by atoms with van der Waals surface area (Å²) in [5, 5.41) is 0. The van der Waals surface area contributed by atoms with Gasteiger partial charge in [-0.25, -0.2) is 4.39 Å². The summed E-state index contributed by atoms with van der Waals surface area (Å²) in [6.07, 6.45) is 3.15. The van der Waals surface area contributed by atoms with Crippen molar-refractivity contribution in [3.63, 3.8) is 0 Å². The Morgan fingerprint density at radius 2 is 2.11 bits per heavy atom. The van der Waals surface area contributed by atoms with Gasteiger partial charge >= 0.3 is 0 Å². The minimum Gasteiger partial charge on any atom is -0.271 e. The third kappa shape index (κ3) is 3.84. The first-order chi connectivity index (χ1) is 9.19. The lowest BCUT2D eigenvalue weighted by molar-refractivity contribution is 0.514. The van der Waals surface area contributed by atoms with Gasteiger partial charge in [0.25, 0.3) is 0 Å². The second kappa shape index (κ2) is 6.41. The summed E-state index contributed by atoms with van der Waals surface area (Å²) in [5.74, 6) is 5.37. The zero-order valence-electron chi connectivity index (χ0n) is 10.9. The smallest absolute Gasteiger partial charge is 0.123 e. The Morgan fingerprint density at radius 3 is 2.79 bits per heavy atom. The highest BCUT2D eigenvalue weighted by Gasteiger charge is 2.11. The molecule has 3 nitrogen and oxygen atoms in total. The summed E-state index contributed by atoms with van der Waals surface area (Å²) < 4.78 is 13.3. The van der Waals surface area contributed by atoms with E-state index in [1.165, 1.54) is 6.07 Å². The summed E-state index contributed by atoms with van der Waals surface area (Å²) in [7, 11) is 0. The van der Waals surface area contributed by atoms with Crippen LogP contribution in [0.15, 0.2) is 42.6 Å². The van der Waals surface area contributed by atoms with Gasteiger partial charge in [-0.2, -0.15) is 0 Å². The number of hydrazine groups is 1. The molecular weight excluding hydrogens is 241 g/mol. The van der Waals surface area contributed by atoms with Crippen LogP contribution in [0.1, 0.15) is 16.8 Å². The fourth-order valence-electron chi connectivity index (χ4n) is 2.09. The summed E-state index contributed by atoms with van der Waals surface area (Å²) in [6.45, 7) is 1.98. The van der Waals surface area contributed by atoms with E-state index in [4.69, 9.17) is 5.84 Å². The SMILES string of the molecule is Cc1ccc(F)cc1CC(Cc1ccccn1)NN. The van der Waals surface area contributed by atoms with E-state index in [0.29, 0.717) is 12.8 Å². The fourth-order valence-corrected chi connectivity index (χ4v) is 2.09. The van der Waals surface area contributed by atoms with Crippen molar-refractivity contribution < 1.29 is 4.39 Å². The van der Waals surface area contributed by atoms with E-state index in [1.807, 2.05) is 25.1 Å². The van der Waals surface area contributed by atoms with Crippen molar-refractivity contribution in [3.8, 4) is 0 Å². The molecule has 19 heavy (non-hydrogen) atoms. The highest BCUT2D eigenvalue weighted by atomic mass is 19.1. The molecule has 3 N–H and O–H groups in total. The Kier molecular flexibility index (Phi) is 4.60. The van der Waals surface area contributed by atoms with Crippen molar-refractivity contribution in [1.29, 1.82) is 0 Å². The molecule has 0 spiro atoms. The highest BCUT2D eigenvalue weighted by molar-refractivity contribution is 5.27. The third-order valence-electron chi connectivity index (χ3n) is 3.19. The quantitative estimate of drug-likeness (QED) is 0.639. The third-order valence-corrected chi connectivity index (χ3v) is 3.19. The van der Waals surface area contributed by atoms with E-state index in [0.717, 1.165) is 16.8 Å². The lowest BCUT2D eigenvalue weighted by atomic mass is 9.98. The minimum absolute atomic E-state index is 0.0374. The van der Waals surface area contributed by atoms with Gasteiger partial charge in [0.05, 0.1) is 0 Å². The maximum absolute atomic E-state index is 13.3. The van der Waals surface area contributed by atoms with Crippen LogP contribution in [-0.4, -0.2) is 11.0 Å². The zero-order valence-corrected chi connectivity index (χ0v) is 10.9. The molecule has 2 rings (SSSR count). The molecule has 0 bridgehead atoms. The zero-order chi connectivity index (χ0) is 13.7. The van der Waals surface area contributed by atoms with Crippen molar-refractivity contribution in [1.82, 2.24) is 10.4 Å². The van der Waals surface area contributed by atoms with Crippen LogP contribution in [0.4, 0.5) is 4.39 Å². The second-order valence-electron chi connectivity index (χ2n) is 4.66. The molecule has 0 aliphatic carbocycles. The molecule has 4 heteroatoms. The number of nitrogens with two attached hydrogens (primary N) is 1. The Hall–Kier alpha value is -1.78. The summed E-state index contributed by atoms with van der Waals surface area (Å²) in [5.41, 5.74) is 5.80. The van der Waals surface area contributed by atoms with E-state index >= 15 is 0 Å². The largest absolute Gasteiger partial charge is 0.271 e.